The van der Waals surface area contributed by atoms with Crippen molar-refractivity contribution >= 4 is 40.3 Å². The van der Waals surface area contributed by atoms with Crippen LogP contribution in [-0.2, 0) is 31.4 Å². The van der Waals surface area contributed by atoms with Crippen LogP contribution in [0.5, 0.6) is 0 Å². The Morgan fingerprint density at radius 1 is 1.11 bits per heavy atom. The summed E-state index contributed by atoms with van der Waals surface area (Å²) in [6.07, 6.45) is 2.35. The number of benzene rings is 3. The summed E-state index contributed by atoms with van der Waals surface area (Å²) < 4.78 is 8.07. The van der Waals surface area contributed by atoms with Crippen molar-refractivity contribution in [2.45, 2.75) is 64.8 Å². The summed E-state index contributed by atoms with van der Waals surface area (Å²) in [6, 6.07) is 17.5. The number of hydrogen-bond donors (Lipinski definition) is 3. The first-order valence-electron chi connectivity index (χ1n) is 17.9. The molecule has 3 N–H and O–H groups in total. The number of halogens is 1. The predicted octanol–water partition coefficient (Wildman–Crippen LogP) is 6.16. The number of aliphatic hydroxyl groups is 1. The van der Waals surface area contributed by atoms with Crippen molar-refractivity contribution in [3.05, 3.63) is 87.5 Å². The number of hydrogen-bond acceptors (Lipinski definition) is 9. The van der Waals surface area contributed by atoms with E-state index in [1.54, 1.807) is 13.0 Å². The van der Waals surface area contributed by atoms with Gasteiger partial charge in [-0.1, -0.05) is 35.9 Å². The van der Waals surface area contributed by atoms with Gasteiger partial charge in [0.15, 0.2) is 11.4 Å². The minimum Gasteiger partial charge on any atom is -0.481 e. The van der Waals surface area contributed by atoms with E-state index >= 15 is 0 Å². The molecule has 0 bridgehead atoms. The number of nitrogens with one attached hydrogen (secondary N) is 1. The number of anilines is 1. The number of carbonyl (C=O) groups is 2. The summed E-state index contributed by atoms with van der Waals surface area (Å²) in [5.74, 6) is -0.456. The molecule has 12 nitrogen and oxygen atoms in total. The molecule has 0 radical (unpaired) electrons. The second-order valence-corrected chi connectivity index (χ2v) is 15.3. The highest BCUT2D eigenvalue weighted by Crippen LogP contribution is 2.45. The number of aliphatic hydroxyl groups excluding tert-OH is 1. The van der Waals surface area contributed by atoms with Gasteiger partial charge in [-0.15, -0.1) is 0 Å². The molecule has 2 aliphatic heterocycles. The molecule has 5 aromatic rings. The molecule has 1 amide bonds. The van der Waals surface area contributed by atoms with Crippen molar-refractivity contribution in [2.24, 2.45) is 12.5 Å². The molecule has 1 saturated carbocycles. The Morgan fingerprint density at radius 3 is 2.60 bits per heavy atom. The van der Waals surface area contributed by atoms with Gasteiger partial charge in [0.2, 0.25) is 5.89 Å². The monoisotopic (exact) mass is 733 g/mol. The predicted molar refractivity (Wildman–Crippen MR) is 199 cm³/mol. The number of carboxylic acid groups (broad SMARTS) is 1. The van der Waals surface area contributed by atoms with Crippen LogP contribution in [0.4, 0.5) is 5.69 Å². The van der Waals surface area contributed by atoms with E-state index in [1.807, 2.05) is 61.0 Å². The Bertz CT molecular complexity index is 2340. The number of oxazole rings is 1. The van der Waals surface area contributed by atoms with Crippen molar-refractivity contribution in [3.63, 3.8) is 0 Å². The number of rotatable bonds is 8. The van der Waals surface area contributed by atoms with E-state index in [1.165, 1.54) is 0 Å². The average Bonchev–Trinajstić information content (AvgIpc) is 3.83. The Balaban J connectivity index is 1.03. The largest absolute Gasteiger partial charge is 0.481 e. The van der Waals surface area contributed by atoms with Crippen LogP contribution in [0, 0.1) is 23.7 Å². The van der Waals surface area contributed by atoms with Gasteiger partial charge in [0.05, 0.1) is 33.5 Å². The molecule has 13 heteroatoms. The van der Waals surface area contributed by atoms with Gasteiger partial charge in [0.25, 0.3) is 5.91 Å². The van der Waals surface area contributed by atoms with E-state index < -0.39 is 11.4 Å². The number of aliphatic carboxylic acids is 1. The molecule has 2 aromatic heterocycles. The van der Waals surface area contributed by atoms with Crippen LogP contribution < -0.4 is 5.32 Å². The number of nitrogens with zero attached hydrogens (tertiary/aromatic N) is 6. The van der Waals surface area contributed by atoms with Gasteiger partial charge in [-0.3, -0.25) is 19.4 Å². The third kappa shape index (κ3) is 6.27. The lowest BCUT2D eigenvalue weighted by atomic mass is 9.66. The highest BCUT2D eigenvalue weighted by molar-refractivity contribution is 6.36. The number of fused-ring (bicyclic) bond motifs is 2. The third-order valence-electron chi connectivity index (χ3n) is 11.3. The SMILES string of the molecule is Cc1c(-c2nc3cc(CN4CC[C@@H](O)C4)cc(C#N)c3o2)cccc1-c1cccc(NC(=O)c2nc3c(n2C)CCN(C2CC(C)(C(=O)O)C2)C3)c1Cl. The zero-order valence-corrected chi connectivity index (χ0v) is 30.6. The molecule has 0 unspecified atom stereocenters. The molecular formula is C40H40ClN7O5. The van der Waals surface area contributed by atoms with Gasteiger partial charge in [0, 0.05) is 69.1 Å². The molecule has 8 rings (SSSR count). The Morgan fingerprint density at radius 2 is 1.87 bits per heavy atom. The highest BCUT2D eigenvalue weighted by Gasteiger charge is 2.49. The summed E-state index contributed by atoms with van der Waals surface area (Å²) in [5, 5.41) is 32.8. The van der Waals surface area contributed by atoms with E-state index in [-0.39, 0.29) is 23.9 Å². The quantitative estimate of drug-likeness (QED) is 0.169. The van der Waals surface area contributed by atoms with E-state index in [0.29, 0.717) is 65.7 Å². The molecule has 272 valence electrons. The number of carbonyl (C=O) groups excluding carboxylic acids is 1. The standard InChI is InChI=1S/C40H40ClN7O5/c1-22-27(6-4-7-28(22)38-45-31-15-23(14-24(18-42)35(31)53-38)19-47-12-10-26(49)20-47)29-8-5-9-30(34(29)41)44-37(50)36-43-32-21-48(13-11-33(32)46(36)3)25-16-40(2,17-25)39(51)52/h4-9,14-15,25-26,49H,10-13,16-17,19-21H2,1-3H3,(H,44,50)(H,51,52)/t25?,26-,40?/m1/s1. The fraction of sp³-hybridized carbons (Fsp3) is 0.375. The minimum absolute atomic E-state index is 0.193. The first kappa shape index (κ1) is 35.0. The number of imidazole rings is 1. The van der Waals surface area contributed by atoms with Gasteiger partial charge in [-0.05, 0) is 74.1 Å². The second kappa shape index (κ2) is 13.4. The first-order valence-corrected chi connectivity index (χ1v) is 18.3. The molecule has 3 aliphatic rings. The molecule has 4 heterocycles. The number of β-amino-alcohol motifs (C(OH)–C–C–N with tert-alkyl or cyclic N) is 1. The smallest absolute Gasteiger partial charge is 0.309 e. The van der Waals surface area contributed by atoms with Gasteiger partial charge in [-0.2, -0.15) is 5.26 Å². The van der Waals surface area contributed by atoms with Crippen molar-refractivity contribution in [2.75, 3.05) is 25.0 Å². The minimum atomic E-state index is -0.752. The van der Waals surface area contributed by atoms with Crippen LogP contribution in [0.15, 0.2) is 52.9 Å². The van der Waals surface area contributed by atoms with Crippen LogP contribution in [-0.4, -0.2) is 78.2 Å². The number of carboxylic acids is 1. The third-order valence-corrected chi connectivity index (χ3v) is 11.7. The lowest BCUT2D eigenvalue weighted by Crippen LogP contribution is -2.54. The molecule has 1 saturated heterocycles. The number of likely N-dealkylation sites (tertiary alicyclic amines) is 1. The van der Waals surface area contributed by atoms with E-state index in [2.05, 4.69) is 21.2 Å². The van der Waals surface area contributed by atoms with Gasteiger partial charge < -0.3 is 24.5 Å². The maximum absolute atomic E-state index is 13.7. The Labute approximate surface area is 311 Å². The van der Waals surface area contributed by atoms with E-state index in [0.717, 1.165) is 65.1 Å². The summed E-state index contributed by atoms with van der Waals surface area (Å²) in [6.45, 7) is 7.14. The van der Waals surface area contributed by atoms with Crippen LogP contribution in [0.2, 0.25) is 5.02 Å². The maximum Gasteiger partial charge on any atom is 0.309 e. The Kier molecular flexibility index (Phi) is 8.86. The summed E-state index contributed by atoms with van der Waals surface area (Å²) in [4.78, 5) is 39.3. The number of amides is 1. The van der Waals surface area contributed by atoms with Crippen LogP contribution in [0.3, 0.4) is 0 Å². The molecule has 1 aliphatic carbocycles. The molecular weight excluding hydrogens is 694 g/mol. The zero-order valence-electron chi connectivity index (χ0n) is 29.8. The summed E-state index contributed by atoms with van der Waals surface area (Å²) in [5.41, 5.74) is 7.14. The Hall–Kier alpha value is -5.06. The molecule has 1 atom stereocenters. The van der Waals surface area contributed by atoms with Crippen LogP contribution in [0.1, 0.15) is 64.9 Å². The fourth-order valence-electron chi connectivity index (χ4n) is 8.24. The van der Waals surface area contributed by atoms with Gasteiger partial charge in [-0.25, -0.2) is 9.97 Å². The van der Waals surface area contributed by atoms with E-state index in [9.17, 15) is 25.1 Å². The first-order chi connectivity index (χ1) is 25.4. The molecule has 3 aromatic carbocycles. The maximum atomic E-state index is 13.7. The van der Waals surface area contributed by atoms with Gasteiger partial charge >= 0.3 is 5.97 Å². The highest BCUT2D eigenvalue weighted by atomic mass is 35.5. The number of nitriles is 1. The zero-order chi connectivity index (χ0) is 37.2. The van der Waals surface area contributed by atoms with Crippen molar-refractivity contribution in [1.29, 1.82) is 5.26 Å². The lowest BCUT2D eigenvalue weighted by Gasteiger charge is -2.48. The van der Waals surface area contributed by atoms with E-state index in [4.69, 9.17) is 26.0 Å². The molecule has 0 spiro atoms. The fourth-order valence-corrected chi connectivity index (χ4v) is 8.52. The summed E-state index contributed by atoms with van der Waals surface area (Å²) in [7, 11) is 1.85. The van der Waals surface area contributed by atoms with Crippen LogP contribution >= 0.6 is 11.6 Å². The summed E-state index contributed by atoms with van der Waals surface area (Å²) >= 11 is 7.02. The lowest BCUT2D eigenvalue weighted by molar-refractivity contribution is -0.157. The normalized spacial score (nSPS) is 21.7. The van der Waals surface area contributed by atoms with Crippen molar-refractivity contribution < 1.29 is 24.2 Å². The molecule has 53 heavy (non-hydrogen) atoms. The number of aromatic nitrogens is 3. The average molecular weight is 734 g/mol. The topological polar surface area (TPSA) is 161 Å². The second-order valence-electron chi connectivity index (χ2n) is 14.9. The van der Waals surface area contributed by atoms with Crippen molar-refractivity contribution in [3.8, 4) is 28.7 Å². The van der Waals surface area contributed by atoms with Gasteiger partial charge in [0.1, 0.15) is 11.6 Å². The van der Waals surface area contributed by atoms with Crippen molar-refractivity contribution in [1.82, 2.24) is 24.3 Å². The van der Waals surface area contributed by atoms with Crippen LogP contribution in [0.25, 0.3) is 33.7 Å². The molecule has 2 fully saturated rings.